The van der Waals surface area contributed by atoms with Gasteiger partial charge in [-0.15, -0.1) is 0 Å². The van der Waals surface area contributed by atoms with Gasteiger partial charge in [0.1, 0.15) is 33.7 Å². The number of nitrogens with zero attached hydrogens (tertiary/aromatic N) is 3. The van der Waals surface area contributed by atoms with Crippen molar-refractivity contribution < 1.29 is 13.2 Å². The molecule has 3 heterocycles. The van der Waals surface area contributed by atoms with Crippen LogP contribution in [0.3, 0.4) is 0 Å². The Bertz CT molecular complexity index is 1160. The van der Waals surface area contributed by atoms with E-state index in [1.807, 2.05) is 42.6 Å². The fraction of sp³-hybridized carbons (Fsp3) is 0.409. The van der Waals surface area contributed by atoms with Gasteiger partial charge in [0.15, 0.2) is 0 Å². The van der Waals surface area contributed by atoms with Gasteiger partial charge in [-0.2, -0.15) is 0 Å². The molecule has 170 valence electrons. The summed E-state index contributed by atoms with van der Waals surface area (Å²) in [4.78, 5) is 27.1. The first kappa shape index (κ1) is 22.1. The Kier molecular flexibility index (Phi) is 6.59. The number of para-hydroxylation sites is 1. The number of H-pyrrole nitrogens is 1. The van der Waals surface area contributed by atoms with Gasteiger partial charge in [0, 0.05) is 37.3 Å². The lowest BCUT2D eigenvalue weighted by Crippen LogP contribution is -2.52. The highest BCUT2D eigenvalue weighted by Crippen LogP contribution is 2.25. The van der Waals surface area contributed by atoms with E-state index in [9.17, 15) is 13.2 Å². The molecule has 4 rings (SSSR count). The zero-order chi connectivity index (χ0) is 22.6. The summed E-state index contributed by atoms with van der Waals surface area (Å²) >= 11 is 0. The summed E-state index contributed by atoms with van der Waals surface area (Å²) in [6.45, 7) is 1.48. The lowest BCUT2D eigenvalue weighted by molar-refractivity contribution is -0.122. The quantitative estimate of drug-likeness (QED) is 0.474. The van der Waals surface area contributed by atoms with Gasteiger partial charge in [-0.25, -0.2) is 18.4 Å². The molecule has 0 radical (unpaired) electrons. The van der Waals surface area contributed by atoms with Crippen LogP contribution in [0, 0.1) is 0 Å². The van der Waals surface area contributed by atoms with Crippen molar-refractivity contribution in [3.63, 3.8) is 0 Å². The molecule has 3 aromatic rings. The summed E-state index contributed by atoms with van der Waals surface area (Å²) in [5.41, 5.74) is 1.57. The van der Waals surface area contributed by atoms with Crippen molar-refractivity contribution in [3.8, 4) is 0 Å². The van der Waals surface area contributed by atoms with Gasteiger partial charge < -0.3 is 20.5 Å². The normalized spacial score (nSPS) is 17.8. The number of piperidine rings is 1. The van der Waals surface area contributed by atoms with E-state index < -0.39 is 15.9 Å². The lowest BCUT2D eigenvalue weighted by atomic mass is 10.0. The number of aromatic amines is 1. The number of hydrogen-bond acceptors (Lipinski definition) is 7. The number of nitrogens with one attached hydrogen (secondary N) is 3. The number of rotatable bonds is 8. The Balaban J connectivity index is 1.45. The summed E-state index contributed by atoms with van der Waals surface area (Å²) in [5, 5.41) is 7.27. The third-order valence-electron chi connectivity index (χ3n) is 5.61. The van der Waals surface area contributed by atoms with Crippen LogP contribution in [0.2, 0.25) is 0 Å². The molecule has 3 N–H and O–H groups in total. The molecule has 0 unspecified atom stereocenters. The molecule has 10 heteroatoms. The summed E-state index contributed by atoms with van der Waals surface area (Å²) in [6, 6.07) is 10.6. The molecule has 2 atom stereocenters. The first-order chi connectivity index (χ1) is 15.4. The molecule has 1 saturated heterocycles. The van der Waals surface area contributed by atoms with E-state index in [1.165, 1.54) is 6.26 Å². The third-order valence-corrected chi connectivity index (χ3v) is 6.59. The molecule has 2 aromatic heterocycles. The molecule has 1 amide bonds. The topological polar surface area (TPSA) is 120 Å². The van der Waals surface area contributed by atoms with Crippen molar-refractivity contribution in [2.24, 2.45) is 0 Å². The summed E-state index contributed by atoms with van der Waals surface area (Å²) < 4.78 is 23.4. The van der Waals surface area contributed by atoms with Crippen LogP contribution in [0.5, 0.6) is 0 Å². The number of sulfone groups is 1. The molecular formula is C22H28N6O3S. The number of carbonyl (C=O) groups is 1. The van der Waals surface area contributed by atoms with Gasteiger partial charge in [0.25, 0.3) is 0 Å². The summed E-state index contributed by atoms with van der Waals surface area (Å²) in [6.07, 6.45) is 6.54. The number of anilines is 2. The van der Waals surface area contributed by atoms with E-state index in [0.717, 1.165) is 41.9 Å². The van der Waals surface area contributed by atoms with E-state index in [1.54, 1.807) is 6.33 Å². The van der Waals surface area contributed by atoms with Gasteiger partial charge in [-0.3, -0.25) is 4.79 Å². The maximum Gasteiger partial charge on any atom is 0.242 e. The first-order valence-electron chi connectivity index (χ1n) is 10.7. The predicted octanol–water partition coefficient (Wildman–Crippen LogP) is 1.96. The van der Waals surface area contributed by atoms with E-state index in [2.05, 4.69) is 30.5 Å². The Labute approximate surface area is 187 Å². The highest BCUT2D eigenvalue weighted by atomic mass is 32.2. The zero-order valence-electron chi connectivity index (χ0n) is 18.0. The minimum absolute atomic E-state index is 0.0569. The number of aromatic nitrogens is 3. The lowest BCUT2D eigenvalue weighted by Gasteiger charge is -2.35. The van der Waals surface area contributed by atoms with Gasteiger partial charge in [-0.05, 0) is 37.5 Å². The average Bonchev–Trinajstić information content (AvgIpc) is 3.26. The van der Waals surface area contributed by atoms with Gasteiger partial charge in [-0.1, -0.05) is 18.2 Å². The fourth-order valence-corrected chi connectivity index (χ4v) is 4.70. The van der Waals surface area contributed by atoms with E-state index in [-0.39, 0.29) is 24.1 Å². The van der Waals surface area contributed by atoms with Crippen molar-refractivity contribution in [1.29, 1.82) is 0 Å². The maximum atomic E-state index is 13.1. The van der Waals surface area contributed by atoms with Crippen LogP contribution in [-0.2, 0) is 14.6 Å². The molecule has 0 saturated carbocycles. The molecule has 9 nitrogen and oxygen atoms in total. The Morgan fingerprint density at radius 1 is 1.25 bits per heavy atom. The highest BCUT2D eigenvalue weighted by Gasteiger charge is 2.27. The second-order valence-corrected chi connectivity index (χ2v) is 10.5. The van der Waals surface area contributed by atoms with E-state index in [4.69, 9.17) is 0 Å². The molecule has 1 aliphatic heterocycles. The van der Waals surface area contributed by atoms with Crippen molar-refractivity contribution in [2.45, 2.75) is 31.3 Å². The maximum absolute atomic E-state index is 13.1. The number of hydrogen-bond donors (Lipinski definition) is 3. The van der Waals surface area contributed by atoms with Crippen LogP contribution in [0.15, 0.2) is 48.9 Å². The summed E-state index contributed by atoms with van der Waals surface area (Å²) in [7, 11) is -3.18. The molecular weight excluding hydrogens is 428 g/mol. The third kappa shape index (κ3) is 5.56. The standard InChI is InChI=1S/C22H28N6O3S/c1-32(30,31)13-10-19(26-16-6-3-2-4-7-16)22(29)27-17-8-5-12-28(14-17)21-18-9-11-23-20(18)24-15-25-21/h2-4,6-7,9,11,15,17,19,26H,5,8,10,12-14H2,1H3,(H,27,29)(H,23,24,25)/t17-,19-/m1/s1. The monoisotopic (exact) mass is 456 g/mol. The second kappa shape index (κ2) is 9.56. The fourth-order valence-electron chi connectivity index (χ4n) is 4.04. The van der Waals surface area contributed by atoms with Crippen LogP contribution in [0.25, 0.3) is 11.0 Å². The minimum atomic E-state index is -3.18. The van der Waals surface area contributed by atoms with E-state index in [0.29, 0.717) is 6.54 Å². The van der Waals surface area contributed by atoms with Crippen molar-refractivity contribution in [3.05, 3.63) is 48.9 Å². The van der Waals surface area contributed by atoms with Crippen LogP contribution in [0.1, 0.15) is 19.3 Å². The zero-order valence-corrected chi connectivity index (χ0v) is 18.8. The minimum Gasteiger partial charge on any atom is -0.374 e. The molecule has 32 heavy (non-hydrogen) atoms. The highest BCUT2D eigenvalue weighted by molar-refractivity contribution is 7.90. The molecule has 1 aliphatic rings. The average molecular weight is 457 g/mol. The molecule has 0 bridgehead atoms. The number of carbonyl (C=O) groups excluding carboxylic acids is 1. The van der Waals surface area contributed by atoms with Crippen molar-refractivity contribution >= 4 is 38.3 Å². The molecule has 0 aliphatic carbocycles. The smallest absolute Gasteiger partial charge is 0.242 e. The Morgan fingerprint density at radius 2 is 2.06 bits per heavy atom. The SMILES string of the molecule is CS(=O)(=O)CC[C@@H](Nc1ccccc1)C(=O)N[C@@H]1CCCN(c2ncnc3[nH]ccc23)C1. The Morgan fingerprint density at radius 3 is 2.84 bits per heavy atom. The summed E-state index contributed by atoms with van der Waals surface area (Å²) in [5.74, 6) is 0.596. The van der Waals surface area contributed by atoms with Crippen molar-refractivity contribution in [1.82, 2.24) is 20.3 Å². The van der Waals surface area contributed by atoms with E-state index >= 15 is 0 Å². The van der Waals surface area contributed by atoms with Crippen molar-refractivity contribution in [2.75, 3.05) is 35.3 Å². The first-order valence-corrected chi connectivity index (χ1v) is 12.8. The number of benzene rings is 1. The molecule has 1 aromatic carbocycles. The van der Waals surface area contributed by atoms with Crippen LogP contribution >= 0.6 is 0 Å². The largest absolute Gasteiger partial charge is 0.374 e. The van der Waals surface area contributed by atoms with Crippen LogP contribution in [-0.4, -0.2) is 66.5 Å². The predicted molar refractivity (Wildman–Crippen MR) is 125 cm³/mol. The van der Waals surface area contributed by atoms with Gasteiger partial charge >= 0.3 is 0 Å². The van der Waals surface area contributed by atoms with Crippen LogP contribution in [0.4, 0.5) is 11.5 Å². The molecule has 1 fully saturated rings. The van der Waals surface area contributed by atoms with Gasteiger partial charge in [0.05, 0.1) is 11.1 Å². The number of fused-ring (bicyclic) bond motifs is 1. The van der Waals surface area contributed by atoms with Gasteiger partial charge in [0.2, 0.25) is 5.91 Å². The Hall–Kier alpha value is -3.14. The second-order valence-electron chi connectivity index (χ2n) is 8.21. The van der Waals surface area contributed by atoms with Crippen LogP contribution < -0.4 is 15.5 Å². The molecule has 0 spiro atoms. The number of amides is 1.